The summed E-state index contributed by atoms with van der Waals surface area (Å²) < 4.78 is 1.79. The molecule has 0 bridgehead atoms. The number of rotatable bonds is 3. The van der Waals surface area contributed by atoms with Gasteiger partial charge in [-0.25, -0.2) is 9.67 Å². The van der Waals surface area contributed by atoms with Crippen LogP contribution in [0, 0.1) is 18.8 Å². The highest BCUT2D eigenvalue weighted by atomic mass is 16.3. The first-order valence-electron chi connectivity index (χ1n) is 6.57. The van der Waals surface area contributed by atoms with Crippen LogP contribution in [0.2, 0.25) is 0 Å². The molecule has 2 heterocycles. The number of aromatic nitrogens is 3. The third-order valence-corrected chi connectivity index (χ3v) is 4.31. The van der Waals surface area contributed by atoms with Gasteiger partial charge in [0.05, 0.1) is 18.8 Å². The van der Waals surface area contributed by atoms with Crippen molar-refractivity contribution in [2.45, 2.75) is 33.2 Å². The number of fused-ring (bicyclic) bond motifs is 1. The normalized spacial score (nSPS) is 26.8. The van der Waals surface area contributed by atoms with Crippen molar-refractivity contribution in [3.05, 3.63) is 23.5 Å². The summed E-state index contributed by atoms with van der Waals surface area (Å²) >= 11 is 0. The lowest BCUT2D eigenvalue weighted by Gasteiger charge is -2.01. The first-order valence-corrected chi connectivity index (χ1v) is 6.57. The van der Waals surface area contributed by atoms with E-state index in [0.29, 0.717) is 12.5 Å². The molecule has 0 saturated heterocycles. The summed E-state index contributed by atoms with van der Waals surface area (Å²) in [6, 6.07) is 2.23. The molecular weight excluding hydrogens is 226 g/mol. The Balaban J connectivity index is 2.05. The van der Waals surface area contributed by atoms with Crippen LogP contribution < -0.4 is 0 Å². The van der Waals surface area contributed by atoms with Crippen LogP contribution in [0.3, 0.4) is 0 Å². The molecule has 1 N–H and O–H groups in total. The minimum Gasteiger partial charge on any atom is -0.394 e. The first kappa shape index (κ1) is 11.7. The van der Waals surface area contributed by atoms with E-state index in [0.717, 1.165) is 28.6 Å². The van der Waals surface area contributed by atoms with Gasteiger partial charge in [0, 0.05) is 11.6 Å². The van der Waals surface area contributed by atoms with Gasteiger partial charge in [-0.2, -0.15) is 5.10 Å². The zero-order valence-corrected chi connectivity index (χ0v) is 11.1. The molecule has 0 spiro atoms. The third-order valence-electron chi connectivity index (χ3n) is 4.31. The second-order valence-corrected chi connectivity index (χ2v) is 5.42. The highest BCUT2D eigenvalue weighted by Crippen LogP contribution is 2.53. The van der Waals surface area contributed by atoms with Crippen LogP contribution in [0.4, 0.5) is 0 Å². The molecule has 0 amide bonds. The molecule has 0 radical (unpaired) electrons. The number of pyridine rings is 1. The van der Waals surface area contributed by atoms with Crippen molar-refractivity contribution >= 4 is 11.0 Å². The largest absolute Gasteiger partial charge is 0.394 e. The summed E-state index contributed by atoms with van der Waals surface area (Å²) in [5.41, 5.74) is 3.20. The summed E-state index contributed by atoms with van der Waals surface area (Å²) in [5, 5.41) is 14.6. The smallest absolute Gasteiger partial charge is 0.158 e. The van der Waals surface area contributed by atoms with Gasteiger partial charge in [-0.05, 0) is 36.3 Å². The molecule has 0 unspecified atom stereocenters. The molecule has 0 aromatic carbocycles. The number of hydrogen-bond acceptors (Lipinski definition) is 3. The Morgan fingerprint density at radius 2 is 2.06 bits per heavy atom. The van der Waals surface area contributed by atoms with E-state index in [2.05, 4.69) is 30.0 Å². The molecule has 96 valence electrons. The lowest BCUT2D eigenvalue weighted by Crippen LogP contribution is -2.04. The van der Waals surface area contributed by atoms with Gasteiger partial charge in [0.25, 0.3) is 0 Å². The van der Waals surface area contributed by atoms with Gasteiger partial charge in [0.15, 0.2) is 5.65 Å². The molecule has 2 atom stereocenters. The Bertz CT molecular complexity index is 582. The molecule has 2 aromatic heterocycles. The molecule has 1 aliphatic carbocycles. The lowest BCUT2D eigenvalue weighted by atomic mass is 10.1. The Morgan fingerprint density at radius 3 is 2.67 bits per heavy atom. The van der Waals surface area contributed by atoms with Crippen LogP contribution in [0.5, 0.6) is 0 Å². The molecule has 2 aromatic rings. The van der Waals surface area contributed by atoms with E-state index in [1.807, 2.05) is 13.1 Å². The minimum absolute atomic E-state index is 0.0936. The highest BCUT2D eigenvalue weighted by molar-refractivity contribution is 5.79. The Hall–Kier alpha value is -1.42. The second-order valence-electron chi connectivity index (χ2n) is 5.42. The maximum absolute atomic E-state index is 9.02. The second kappa shape index (κ2) is 4.05. The van der Waals surface area contributed by atoms with Gasteiger partial charge >= 0.3 is 0 Å². The zero-order valence-electron chi connectivity index (χ0n) is 11.1. The van der Waals surface area contributed by atoms with Crippen molar-refractivity contribution in [3.63, 3.8) is 0 Å². The molecule has 4 heteroatoms. The number of nitrogens with zero attached hydrogens (tertiary/aromatic N) is 3. The van der Waals surface area contributed by atoms with Crippen molar-refractivity contribution in [3.8, 4) is 0 Å². The summed E-state index contributed by atoms with van der Waals surface area (Å²) in [7, 11) is 0. The van der Waals surface area contributed by atoms with E-state index >= 15 is 0 Å². The molecular formula is C14H19N3O. The highest BCUT2D eigenvalue weighted by Gasteiger charge is 2.44. The SMILES string of the molecule is Cc1nn(CCO)c2ncc(C3[C@H](C)[C@H]3C)cc12. The molecule has 1 fully saturated rings. The topological polar surface area (TPSA) is 50.9 Å². The molecule has 18 heavy (non-hydrogen) atoms. The van der Waals surface area contributed by atoms with Crippen LogP contribution in [0.1, 0.15) is 31.0 Å². The molecule has 4 nitrogen and oxygen atoms in total. The van der Waals surface area contributed by atoms with Gasteiger partial charge in [-0.1, -0.05) is 13.8 Å². The maximum atomic E-state index is 9.02. The summed E-state index contributed by atoms with van der Waals surface area (Å²) in [5.74, 6) is 2.18. The van der Waals surface area contributed by atoms with Crippen molar-refractivity contribution < 1.29 is 5.11 Å². The third kappa shape index (κ3) is 1.63. The lowest BCUT2D eigenvalue weighted by molar-refractivity contribution is 0.271. The van der Waals surface area contributed by atoms with Gasteiger partial charge in [0.1, 0.15) is 0 Å². The number of aliphatic hydroxyl groups excluding tert-OH is 1. The molecule has 1 saturated carbocycles. The van der Waals surface area contributed by atoms with Crippen LogP contribution in [0.25, 0.3) is 11.0 Å². The fraction of sp³-hybridized carbons (Fsp3) is 0.571. The minimum atomic E-state index is 0.0936. The summed E-state index contributed by atoms with van der Waals surface area (Å²) in [6.45, 7) is 7.19. The number of aryl methyl sites for hydroxylation is 1. The predicted molar refractivity (Wildman–Crippen MR) is 70.4 cm³/mol. The number of aliphatic hydroxyl groups is 1. The van der Waals surface area contributed by atoms with E-state index in [1.165, 1.54) is 5.56 Å². The first-order chi connectivity index (χ1) is 8.63. The van der Waals surface area contributed by atoms with Gasteiger partial charge in [-0.3, -0.25) is 0 Å². The zero-order chi connectivity index (χ0) is 12.9. The van der Waals surface area contributed by atoms with Crippen LogP contribution >= 0.6 is 0 Å². The van der Waals surface area contributed by atoms with Gasteiger partial charge in [0.2, 0.25) is 0 Å². The Morgan fingerprint density at radius 1 is 1.33 bits per heavy atom. The number of hydrogen-bond donors (Lipinski definition) is 1. The monoisotopic (exact) mass is 245 g/mol. The predicted octanol–water partition coefficient (Wildman–Crippen LogP) is 2.10. The standard InChI is InChI=1S/C14H19N3O/c1-8-9(2)13(8)11-6-12-10(3)16-17(4-5-18)14(12)15-7-11/h6-9,13,18H,4-5H2,1-3H3/t8-,9-/m1/s1. The van der Waals surface area contributed by atoms with E-state index in [1.54, 1.807) is 4.68 Å². The Kier molecular flexibility index (Phi) is 2.63. The van der Waals surface area contributed by atoms with Gasteiger partial charge < -0.3 is 5.11 Å². The fourth-order valence-corrected chi connectivity index (χ4v) is 2.93. The van der Waals surface area contributed by atoms with Crippen LogP contribution in [0.15, 0.2) is 12.3 Å². The van der Waals surface area contributed by atoms with E-state index in [9.17, 15) is 0 Å². The molecule has 3 rings (SSSR count). The summed E-state index contributed by atoms with van der Waals surface area (Å²) in [6.07, 6.45) is 1.97. The van der Waals surface area contributed by atoms with E-state index < -0.39 is 0 Å². The Labute approximate surface area is 107 Å². The van der Waals surface area contributed by atoms with Gasteiger partial charge in [-0.15, -0.1) is 0 Å². The van der Waals surface area contributed by atoms with Crippen molar-refractivity contribution in [1.82, 2.24) is 14.8 Å². The average molecular weight is 245 g/mol. The van der Waals surface area contributed by atoms with Crippen molar-refractivity contribution in [1.29, 1.82) is 0 Å². The summed E-state index contributed by atoms with van der Waals surface area (Å²) in [4.78, 5) is 4.54. The van der Waals surface area contributed by atoms with Crippen molar-refractivity contribution in [2.24, 2.45) is 11.8 Å². The fourth-order valence-electron chi connectivity index (χ4n) is 2.93. The van der Waals surface area contributed by atoms with Crippen LogP contribution in [-0.2, 0) is 6.54 Å². The van der Waals surface area contributed by atoms with Crippen molar-refractivity contribution in [2.75, 3.05) is 6.61 Å². The quantitative estimate of drug-likeness (QED) is 0.901. The van der Waals surface area contributed by atoms with E-state index in [-0.39, 0.29) is 6.61 Å². The molecule has 0 aliphatic heterocycles. The van der Waals surface area contributed by atoms with E-state index in [4.69, 9.17) is 5.11 Å². The van der Waals surface area contributed by atoms with Crippen LogP contribution in [-0.4, -0.2) is 26.5 Å². The molecule has 1 aliphatic rings. The maximum Gasteiger partial charge on any atom is 0.158 e. The average Bonchev–Trinajstić information content (AvgIpc) is 2.82.